The van der Waals surface area contributed by atoms with Gasteiger partial charge >= 0.3 is 0 Å². The Labute approximate surface area is 112 Å². The molecule has 2 rings (SSSR count). The Morgan fingerprint density at radius 2 is 1.47 bits per heavy atom. The van der Waals surface area contributed by atoms with Crippen molar-refractivity contribution < 1.29 is 14.6 Å². The van der Waals surface area contributed by atoms with Crippen molar-refractivity contribution in [1.29, 1.82) is 0 Å². The largest absolute Gasteiger partial charge is 0.507 e. The molecule has 0 amide bonds. The van der Waals surface area contributed by atoms with Gasteiger partial charge in [-0.1, -0.05) is 36.4 Å². The molecule has 0 saturated heterocycles. The minimum atomic E-state index is 0.170. The van der Waals surface area contributed by atoms with Gasteiger partial charge in [-0.25, -0.2) is 0 Å². The molecule has 0 atom stereocenters. The highest BCUT2D eigenvalue weighted by Crippen LogP contribution is 2.31. The average molecular weight is 256 g/mol. The van der Waals surface area contributed by atoms with Crippen LogP contribution < -0.4 is 9.47 Å². The molecule has 0 fully saturated rings. The predicted molar refractivity (Wildman–Crippen MR) is 76.5 cm³/mol. The molecule has 0 aliphatic heterocycles. The highest BCUT2D eigenvalue weighted by Gasteiger charge is 2.09. The topological polar surface area (TPSA) is 38.7 Å². The minimum absolute atomic E-state index is 0.170. The normalized spacial score (nSPS) is 11.2. The first kappa shape index (κ1) is 13.0. The molecule has 0 aliphatic carbocycles. The highest BCUT2D eigenvalue weighted by molar-refractivity contribution is 5.80. The summed E-state index contributed by atoms with van der Waals surface area (Å²) in [7, 11) is 3.18. The zero-order valence-corrected chi connectivity index (χ0v) is 11.0. The Morgan fingerprint density at radius 1 is 0.895 bits per heavy atom. The summed E-state index contributed by atoms with van der Waals surface area (Å²) in [6, 6.07) is 14.8. The molecular weight excluding hydrogens is 240 g/mol. The monoisotopic (exact) mass is 256 g/mol. The summed E-state index contributed by atoms with van der Waals surface area (Å²) in [4.78, 5) is 0. The van der Waals surface area contributed by atoms with E-state index in [9.17, 15) is 5.11 Å². The predicted octanol–water partition coefficient (Wildman–Crippen LogP) is 3.76. The number of benzene rings is 2. The van der Waals surface area contributed by atoms with Crippen LogP contribution in [0.5, 0.6) is 11.5 Å². The summed E-state index contributed by atoms with van der Waals surface area (Å²) in [6.45, 7) is 0. The van der Waals surface area contributed by atoms with Gasteiger partial charge < -0.3 is 14.6 Å². The molecule has 0 aliphatic rings. The molecule has 2 aromatic carbocycles. The van der Waals surface area contributed by atoms with Crippen LogP contribution in [0.1, 0.15) is 11.1 Å². The zero-order chi connectivity index (χ0) is 13.7. The van der Waals surface area contributed by atoms with Gasteiger partial charge in [-0.05, 0) is 18.2 Å². The molecule has 0 aromatic heterocycles. The quantitative estimate of drug-likeness (QED) is 0.668. The Morgan fingerprint density at radius 3 is 2.00 bits per heavy atom. The number of hydrogen-bond donors (Lipinski definition) is 1. The molecule has 1 N–H and O–H groups in total. The fourth-order valence-electron chi connectivity index (χ4n) is 1.85. The molecule has 0 heterocycles. The van der Waals surface area contributed by atoms with Gasteiger partial charge in [0.25, 0.3) is 0 Å². The van der Waals surface area contributed by atoms with Crippen molar-refractivity contribution in [3.8, 4) is 11.5 Å². The number of aliphatic hydroxyl groups is 1. The summed E-state index contributed by atoms with van der Waals surface area (Å²) in [5, 5.41) is 10.2. The second-order valence-electron chi connectivity index (χ2n) is 3.97. The third-order valence-corrected chi connectivity index (χ3v) is 2.82. The van der Waals surface area contributed by atoms with Gasteiger partial charge in [-0.15, -0.1) is 0 Å². The van der Waals surface area contributed by atoms with E-state index in [1.807, 2.05) is 48.5 Å². The number of ether oxygens (including phenoxy) is 2. The Bertz CT molecular complexity index is 552. The van der Waals surface area contributed by atoms with Gasteiger partial charge in [0.2, 0.25) is 0 Å². The summed E-state index contributed by atoms with van der Waals surface area (Å²) in [5.74, 6) is 1.48. The van der Waals surface area contributed by atoms with Crippen LogP contribution in [0.25, 0.3) is 11.8 Å². The van der Waals surface area contributed by atoms with Crippen LogP contribution in [0.4, 0.5) is 0 Å². The van der Waals surface area contributed by atoms with Crippen molar-refractivity contribution in [2.75, 3.05) is 14.2 Å². The van der Waals surface area contributed by atoms with E-state index in [4.69, 9.17) is 9.47 Å². The molecule has 3 nitrogen and oxygen atoms in total. The Hall–Kier alpha value is -2.42. The minimum Gasteiger partial charge on any atom is -0.507 e. The average Bonchev–Trinajstić information content (AvgIpc) is 2.48. The van der Waals surface area contributed by atoms with Crippen molar-refractivity contribution in [2.24, 2.45) is 0 Å². The fraction of sp³-hybridized carbons (Fsp3) is 0.125. The number of rotatable bonds is 4. The number of methoxy groups -OCH3 is 2. The molecule has 0 radical (unpaired) electrons. The van der Waals surface area contributed by atoms with Crippen LogP contribution in [-0.4, -0.2) is 19.3 Å². The van der Waals surface area contributed by atoms with Gasteiger partial charge in [0.15, 0.2) is 0 Å². The molecule has 0 saturated carbocycles. The van der Waals surface area contributed by atoms with Gasteiger partial charge in [0.05, 0.1) is 19.8 Å². The standard InChI is InChI=1S/C16H16O3/c1-18-15-9-6-10-16(19-2)13(15)11-14(17)12-7-4-3-5-8-12/h3-11,17H,1-2H3. The maximum absolute atomic E-state index is 10.2. The third-order valence-electron chi connectivity index (χ3n) is 2.82. The summed E-state index contributed by atoms with van der Waals surface area (Å²) < 4.78 is 10.6. The van der Waals surface area contributed by atoms with Gasteiger partial charge in [0.1, 0.15) is 17.3 Å². The smallest absolute Gasteiger partial charge is 0.129 e. The lowest BCUT2D eigenvalue weighted by molar-refractivity contribution is 0.392. The Kier molecular flexibility index (Phi) is 4.08. The van der Waals surface area contributed by atoms with E-state index in [-0.39, 0.29) is 5.76 Å². The molecule has 19 heavy (non-hydrogen) atoms. The second kappa shape index (κ2) is 5.96. The highest BCUT2D eigenvalue weighted by atomic mass is 16.5. The molecule has 3 heteroatoms. The first-order valence-corrected chi connectivity index (χ1v) is 5.93. The van der Waals surface area contributed by atoms with Gasteiger partial charge in [-0.2, -0.15) is 0 Å². The van der Waals surface area contributed by atoms with Crippen LogP contribution in [0.2, 0.25) is 0 Å². The van der Waals surface area contributed by atoms with E-state index in [2.05, 4.69) is 0 Å². The zero-order valence-electron chi connectivity index (χ0n) is 11.0. The maximum Gasteiger partial charge on any atom is 0.129 e. The van der Waals surface area contributed by atoms with Crippen molar-refractivity contribution in [2.45, 2.75) is 0 Å². The van der Waals surface area contributed by atoms with Gasteiger partial charge in [0, 0.05) is 5.56 Å². The van der Waals surface area contributed by atoms with Crippen molar-refractivity contribution in [1.82, 2.24) is 0 Å². The van der Waals surface area contributed by atoms with E-state index in [1.54, 1.807) is 20.3 Å². The molecule has 0 bridgehead atoms. The Balaban J connectivity index is 2.47. The van der Waals surface area contributed by atoms with E-state index < -0.39 is 0 Å². The molecule has 0 spiro atoms. The first-order valence-electron chi connectivity index (χ1n) is 5.93. The number of aliphatic hydroxyl groups excluding tert-OH is 1. The van der Waals surface area contributed by atoms with Crippen LogP contribution in [0.15, 0.2) is 48.5 Å². The lowest BCUT2D eigenvalue weighted by Crippen LogP contribution is -1.93. The summed E-state index contributed by atoms with van der Waals surface area (Å²) in [5.41, 5.74) is 1.46. The molecule has 98 valence electrons. The third kappa shape index (κ3) is 2.88. The van der Waals surface area contributed by atoms with Crippen molar-refractivity contribution >= 4 is 11.8 Å². The second-order valence-corrected chi connectivity index (χ2v) is 3.97. The molecule has 0 unspecified atom stereocenters. The van der Waals surface area contributed by atoms with Crippen LogP contribution in [0, 0.1) is 0 Å². The van der Waals surface area contributed by atoms with E-state index in [0.29, 0.717) is 17.1 Å². The molecule has 2 aromatic rings. The lowest BCUT2D eigenvalue weighted by atomic mass is 10.1. The lowest BCUT2D eigenvalue weighted by Gasteiger charge is -2.10. The number of hydrogen-bond acceptors (Lipinski definition) is 3. The van der Waals surface area contributed by atoms with Crippen molar-refractivity contribution in [3.63, 3.8) is 0 Å². The van der Waals surface area contributed by atoms with Crippen molar-refractivity contribution in [3.05, 3.63) is 59.7 Å². The van der Waals surface area contributed by atoms with E-state index in [0.717, 1.165) is 5.56 Å². The maximum atomic E-state index is 10.2. The SMILES string of the molecule is COc1cccc(OC)c1C=C(O)c1ccccc1. The van der Waals surface area contributed by atoms with E-state index in [1.165, 1.54) is 0 Å². The van der Waals surface area contributed by atoms with Crippen LogP contribution >= 0.6 is 0 Å². The summed E-state index contributed by atoms with van der Waals surface area (Å²) >= 11 is 0. The first-order chi connectivity index (χ1) is 9.26. The molecular formula is C16H16O3. The summed E-state index contributed by atoms with van der Waals surface area (Å²) in [6.07, 6.45) is 1.65. The fourth-order valence-corrected chi connectivity index (χ4v) is 1.85. The van der Waals surface area contributed by atoms with Crippen LogP contribution in [-0.2, 0) is 0 Å². The van der Waals surface area contributed by atoms with Gasteiger partial charge in [-0.3, -0.25) is 0 Å². The van der Waals surface area contributed by atoms with Crippen LogP contribution in [0.3, 0.4) is 0 Å². The van der Waals surface area contributed by atoms with E-state index >= 15 is 0 Å².